The van der Waals surface area contributed by atoms with E-state index in [2.05, 4.69) is 35.0 Å². The van der Waals surface area contributed by atoms with E-state index in [0.29, 0.717) is 6.04 Å². The maximum absolute atomic E-state index is 4.55. The highest BCUT2D eigenvalue weighted by Gasteiger charge is 2.55. The van der Waals surface area contributed by atoms with Gasteiger partial charge in [-0.15, -0.1) is 0 Å². The lowest BCUT2D eigenvalue weighted by Gasteiger charge is -2.18. The van der Waals surface area contributed by atoms with Crippen molar-refractivity contribution >= 4 is 0 Å². The molecular weight excluding hydrogens is 222 g/mol. The summed E-state index contributed by atoms with van der Waals surface area (Å²) in [5.74, 6) is 4.24. The number of imidazole rings is 1. The quantitative estimate of drug-likeness (QED) is 0.837. The van der Waals surface area contributed by atoms with E-state index < -0.39 is 0 Å². The molecule has 0 bridgehead atoms. The fourth-order valence-corrected chi connectivity index (χ4v) is 4.08. The molecule has 0 saturated heterocycles. The van der Waals surface area contributed by atoms with Crippen LogP contribution in [-0.4, -0.2) is 22.6 Å². The van der Waals surface area contributed by atoms with Crippen molar-refractivity contribution < 1.29 is 0 Å². The molecule has 0 spiro atoms. The van der Waals surface area contributed by atoms with Gasteiger partial charge in [-0.2, -0.15) is 0 Å². The molecule has 0 aromatic carbocycles. The first-order valence-electron chi connectivity index (χ1n) is 7.52. The molecule has 2 saturated carbocycles. The third kappa shape index (κ3) is 2.09. The highest BCUT2D eigenvalue weighted by molar-refractivity contribution is 5.09. The number of aromatic nitrogens is 2. The Morgan fingerprint density at radius 1 is 1.44 bits per heavy atom. The van der Waals surface area contributed by atoms with Crippen molar-refractivity contribution in [1.82, 2.24) is 14.9 Å². The zero-order valence-electron chi connectivity index (χ0n) is 11.6. The molecule has 100 valence electrons. The zero-order valence-corrected chi connectivity index (χ0v) is 11.6. The van der Waals surface area contributed by atoms with Crippen LogP contribution in [0.25, 0.3) is 0 Å². The molecule has 1 aromatic rings. The highest BCUT2D eigenvalue weighted by Crippen LogP contribution is 2.59. The summed E-state index contributed by atoms with van der Waals surface area (Å²) in [4.78, 5) is 4.55. The number of likely N-dealkylation sites (N-methyl/N-ethyl adjacent to an activating group) is 1. The molecule has 1 heterocycles. The number of fused-ring (bicyclic) bond motifs is 1. The van der Waals surface area contributed by atoms with Crippen LogP contribution in [0.5, 0.6) is 0 Å². The van der Waals surface area contributed by atoms with Gasteiger partial charge in [-0.1, -0.05) is 13.3 Å². The van der Waals surface area contributed by atoms with Gasteiger partial charge in [0.25, 0.3) is 0 Å². The number of hydrogen-bond donors (Lipinski definition) is 1. The minimum atomic E-state index is 0.637. The molecule has 2 aliphatic carbocycles. The van der Waals surface area contributed by atoms with Gasteiger partial charge in [0.05, 0.1) is 0 Å². The maximum Gasteiger partial charge on any atom is 0.110 e. The Bertz CT molecular complexity index is 388. The van der Waals surface area contributed by atoms with E-state index in [1.54, 1.807) is 0 Å². The van der Waals surface area contributed by atoms with E-state index in [4.69, 9.17) is 0 Å². The summed E-state index contributed by atoms with van der Waals surface area (Å²) in [6, 6.07) is 0.637. The van der Waals surface area contributed by atoms with Gasteiger partial charge in [-0.3, -0.25) is 0 Å². The van der Waals surface area contributed by atoms with Crippen molar-refractivity contribution in [1.29, 1.82) is 0 Å². The van der Waals surface area contributed by atoms with Crippen molar-refractivity contribution in [3.63, 3.8) is 0 Å². The maximum atomic E-state index is 4.55. The number of aryl methyl sites for hydroxylation is 1. The van der Waals surface area contributed by atoms with Crippen molar-refractivity contribution in [2.45, 2.75) is 51.6 Å². The number of hydrogen-bond acceptors (Lipinski definition) is 2. The first kappa shape index (κ1) is 12.2. The van der Waals surface area contributed by atoms with Crippen LogP contribution in [0.4, 0.5) is 0 Å². The third-order valence-electron chi connectivity index (χ3n) is 4.98. The second-order valence-electron chi connectivity index (χ2n) is 5.97. The average molecular weight is 247 g/mol. The summed E-state index contributed by atoms with van der Waals surface area (Å²) in [6.07, 6.45) is 10.8. The van der Waals surface area contributed by atoms with Crippen molar-refractivity contribution in [3.05, 3.63) is 18.2 Å². The number of nitrogens with one attached hydrogen (secondary N) is 1. The molecule has 0 radical (unpaired) electrons. The van der Waals surface area contributed by atoms with Gasteiger partial charge in [0, 0.05) is 31.4 Å². The van der Waals surface area contributed by atoms with E-state index >= 15 is 0 Å². The fraction of sp³-hybridized carbons (Fsp3) is 0.800. The van der Waals surface area contributed by atoms with Gasteiger partial charge in [0.2, 0.25) is 0 Å². The van der Waals surface area contributed by atoms with E-state index in [1.165, 1.54) is 31.5 Å². The van der Waals surface area contributed by atoms with Gasteiger partial charge < -0.3 is 9.88 Å². The Balaban J connectivity index is 1.65. The molecule has 18 heavy (non-hydrogen) atoms. The lowest BCUT2D eigenvalue weighted by Crippen LogP contribution is -2.32. The lowest BCUT2D eigenvalue weighted by molar-refractivity contribution is 0.415. The van der Waals surface area contributed by atoms with E-state index in [-0.39, 0.29) is 0 Å². The minimum absolute atomic E-state index is 0.637. The van der Waals surface area contributed by atoms with Crippen LogP contribution in [0.3, 0.4) is 0 Å². The van der Waals surface area contributed by atoms with Crippen molar-refractivity contribution in [3.8, 4) is 0 Å². The number of rotatable bonds is 6. The second-order valence-corrected chi connectivity index (χ2v) is 5.97. The van der Waals surface area contributed by atoms with Crippen molar-refractivity contribution in [2.75, 3.05) is 7.05 Å². The average Bonchev–Trinajstić information content (AvgIpc) is 2.78. The summed E-state index contributed by atoms with van der Waals surface area (Å²) in [7, 11) is 2.12. The standard InChI is InChI=1S/C15H25N3/c1-3-8-18-9-7-17-14(18)10-13(16-2)15-11-5-4-6-12(11)15/h7,9,11-13,15-16H,3-6,8,10H2,1-2H3. The van der Waals surface area contributed by atoms with Crippen LogP contribution in [0.2, 0.25) is 0 Å². The molecular formula is C15H25N3. The highest BCUT2D eigenvalue weighted by atomic mass is 15.1. The normalized spacial score (nSPS) is 31.3. The molecule has 3 atom stereocenters. The molecule has 1 N–H and O–H groups in total. The SMILES string of the molecule is CCCn1ccnc1CC(NC)C1C2CCCC21. The molecule has 0 aliphatic heterocycles. The first-order chi connectivity index (χ1) is 8.85. The van der Waals surface area contributed by atoms with Crippen LogP contribution in [-0.2, 0) is 13.0 Å². The molecule has 3 rings (SSSR count). The molecule has 1 aromatic heterocycles. The molecule has 2 fully saturated rings. The number of nitrogens with zero attached hydrogens (tertiary/aromatic N) is 2. The Morgan fingerprint density at radius 3 is 2.89 bits per heavy atom. The van der Waals surface area contributed by atoms with Crippen LogP contribution < -0.4 is 5.32 Å². The summed E-state index contributed by atoms with van der Waals surface area (Å²) < 4.78 is 2.32. The van der Waals surface area contributed by atoms with Crippen molar-refractivity contribution in [2.24, 2.45) is 17.8 Å². The molecule has 2 aliphatic rings. The molecule has 3 nitrogen and oxygen atoms in total. The van der Waals surface area contributed by atoms with Gasteiger partial charge in [0.15, 0.2) is 0 Å². The van der Waals surface area contributed by atoms with Gasteiger partial charge >= 0.3 is 0 Å². The van der Waals surface area contributed by atoms with Crippen LogP contribution in [0.15, 0.2) is 12.4 Å². The monoisotopic (exact) mass is 247 g/mol. The van der Waals surface area contributed by atoms with Crippen LogP contribution in [0, 0.1) is 17.8 Å². The Morgan fingerprint density at radius 2 is 2.22 bits per heavy atom. The molecule has 0 amide bonds. The Kier molecular flexibility index (Phi) is 3.42. The molecule has 3 unspecified atom stereocenters. The van der Waals surface area contributed by atoms with E-state index in [0.717, 1.165) is 30.7 Å². The predicted molar refractivity (Wildman–Crippen MR) is 73.4 cm³/mol. The lowest BCUT2D eigenvalue weighted by atomic mass is 10.0. The fourth-order valence-electron chi connectivity index (χ4n) is 4.08. The third-order valence-corrected chi connectivity index (χ3v) is 4.98. The van der Waals surface area contributed by atoms with E-state index in [1.807, 2.05) is 6.20 Å². The van der Waals surface area contributed by atoms with Gasteiger partial charge in [-0.05, 0) is 44.1 Å². The summed E-state index contributed by atoms with van der Waals surface area (Å²) in [5.41, 5.74) is 0. The first-order valence-corrected chi connectivity index (χ1v) is 7.52. The molecule has 3 heteroatoms. The predicted octanol–water partition coefficient (Wildman–Crippen LogP) is 2.47. The van der Waals surface area contributed by atoms with Crippen LogP contribution in [0.1, 0.15) is 38.4 Å². The van der Waals surface area contributed by atoms with Crippen LogP contribution >= 0.6 is 0 Å². The largest absolute Gasteiger partial charge is 0.335 e. The smallest absolute Gasteiger partial charge is 0.110 e. The van der Waals surface area contributed by atoms with Gasteiger partial charge in [-0.25, -0.2) is 4.98 Å². The summed E-state index contributed by atoms with van der Waals surface area (Å²) >= 11 is 0. The zero-order chi connectivity index (χ0) is 12.5. The van der Waals surface area contributed by atoms with Gasteiger partial charge in [0.1, 0.15) is 5.82 Å². The van der Waals surface area contributed by atoms with E-state index in [9.17, 15) is 0 Å². The summed E-state index contributed by atoms with van der Waals surface area (Å²) in [5, 5.41) is 3.55. The minimum Gasteiger partial charge on any atom is -0.335 e. The summed E-state index contributed by atoms with van der Waals surface area (Å²) in [6.45, 7) is 3.33. The Hall–Kier alpha value is -0.830. The topological polar surface area (TPSA) is 29.9 Å². The second kappa shape index (κ2) is 5.04. The Labute approximate surface area is 110 Å².